The van der Waals surface area contributed by atoms with Gasteiger partial charge in [0.15, 0.2) is 0 Å². The van der Waals surface area contributed by atoms with Gasteiger partial charge in [0.2, 0.25) is 5.91 Å². The van der Waals surface area contributed by atoms with E-state index in [1.165, 1.54) is 12.8 Å². The Kier molecular flexibility index (Phi) is 4.41. The first-order valence-corrected chi connectivity index (χ1v) is 7.93. The lowest BCUT2D eigenvalue weighted by atomic mass is 9.86. The Hall–Kier alpha value is -0.870. The van der Waals surface area contributed by atoms with Crippen LogP contribution in [-0.4, -0.2) is 62.1 Å². The predicted molar refractivity (Wildman–Crippen MR) is 78.4 cm³/mol. The lowest BCUT2D eigenvalue weighted by molar-refractivity contribution is -0.134. The molecular weight excluding hydrogens is 252 g/mol. The van der Waals surface area contributed by atoms with E-state index in [0.29, 0.717) is 5.91 Å². The first-order chi connectivity index (χ1) is 9.78. The van der Waals surface area contributed by atoms with Crippen molar-refractivity contribution in [2.24, 2.45) is 17.8 Å². The number of likely N-dealkylation sites (tertiary alicyclic amines) is 2. The van der Waals surface area contributed by atoms with Gasteiger partial charge in [-0.1, -0.05) is 12.2 Å². The number of amides is 1. The highest BCUT2D eigenvalue weighted by molar-refractivity contribution is 5.79. The summed E-state index contributed by atoms with van der Waals surface area (Å²) in [6.07, 6.45) is 7.93. The average molecular weight is 278 g/mol. The van der Waals surface area contributed by atoms with Crippen LogP contribution in [0.4, 0.5) is 0 Å². The third kappa shape index (κ3) is 2.91. The topological polar surface area (TPSA) is 32.8 Å². The fraction of sp³-hybridized carbons (Fsp3) is 0.812. The minimum atomic E-state index is 0.222. The van der Waals surface area contributed by atoms with Gasteiger partial charge < -0.3 is 14.5 Å². The molecular formula is C16H26N2O2. The second-order valence-corrected chi connectivity index (χ2v) is 6.49. The van der Waals surface area contributed by atoms with Crippen LogP contribution in [0.3, 0.4) is 0 Å². The fourth-order valence-electron chi connectivity index (χ4n) is 3.91. The standard InChI is InChI=1S/C16H26N2O2/c1-20-9-8-17-7-6-15(10-17)16(19)18-11-13-4-2-3-5-14(13)12-18/h2-3,13-15H,4-12H2,1H3/t13-,14+,15-/m1/s1. The summed E-state index contributed by atoms with van der Waals surface area (Å²) in [6.45, 7) is 5.66. The zero-order chi connectivity index (χ0) is 13.9. The van der Waals surface area contributed by atoms with Gasteiger partial charge in [0.25, 0.3) is 0 Å². The van der Waals surface area contributed by atoms with Crippen LogP contribution in [0, 0.1) is 17.8 Å². The van der Waals surface area contributed by atoms with Gasteiger partial charge in [-0.2, -0.15) is 0 Å². The second kappa shape index (κ2) is 6.27. The van der Waals surface area contributed by atoms with Gasteiger partial charge in [-0.3, -0.25) is 4.79 Å². The number of fused-ring (bicyclic) bond motifs is 1. The minimum absolute atomic E-state index is 0.222. The van der Waals surface area contributed by atoms with Gasteiger partial charge in [0, 0.05) is 33.3 Å². The predicted octanol–water partition coefficient (Wildman–Crippen LogP) is 1.38. The van der Waals surface area contributed by atoms with Crippen LogP contribution in [-0.2, 0) is 9.53 Å². The highest BCUT2D eigenvalue weighted by Crippen LogP contribution is 2.34. The molecule has 2 saturated heterocycles. The van der Waals surface area contributed by atoms with E-state index in [-0.39, 0.29) is 5.92 Å². The number of hydrogen-bond donors (Lipinski definition) is 0. The summed E-state index contributed by atoms with van der Waals surface area (Å²) >= 11 is 0. The smallest absolute Gasteiger partial charge is 0.227 e. The first kappa shape index (κ1) is 14.1. The Labute approximate surface area is 121 Å². The van der Waals surface area contributed by atoms with Crippen LogP contribution in [0.2, 0.25) is 0 Å². The summed E-state index contributed by atoms with van der Waals surface area (Å²) in [5.41, 5.74) is 0. The highest BCUT2D eigenvalue weighted by Gasteiger charge is 2.38. The highest BCUT2D eigenvalue weighted by atomic mass is 16.5. The average Bonchev–Trinajstić information content (AvgIpc) is 3.10. The van der Waals surface area contributed by atoms with E-state index in [2.05, 4.69) is 22.0 Å². The van der Waals surface area contributed by atoms with E-state index in [4.69, 9.17) is 4.74 Å². The minimum Gasteiger partial charge on any atom is -0.383 e. The van der Waals surface area contributed by atoms with Crippen molar-refractivity contribution in [3.05, 3.63) is 12.2 Å². The Morgan fingerprint density at radius 3 is 2.55 bits per heavy atom. The molecule has 1 amide bonds. The summed E-state index contributed by atoms with van der Waals surface area (Å²) in [4.78, 5) is 17.2. The molecule has 0 saturated carbocycles. The van der Waals surface area contributed by atoms with Gasteiger partial charge >= 0.3 is 0 Å². The molecule has 2 heterocycles. The number of rotatable bonds is 4. The van der Waals surface area contributed by atoms with Gasteiger partial charge in [-0.15, -0.1) is 0 Å². The number of carbonyl (C=O) groups excluding carboxylic acids is 1. The van der Waals surface area contributed by atoms with Gasteiger partial charge in [-0.25, -0.2) is 0 Å². The van der Waals surface area contributed by atoms with E-state index in [9.17, 15) is 4.79 Å². The molecule has 0 N–H and O–H groups in total. The van der Waals surface area contributed by atoms with Crippen molar-refractivity contribution < 1.29 is 9.53 Å². The number of hydrogen-bond acceptors (Lipinski definition) is 3. The van der Waals surface area contributed by atoms with Crippen LogP contribution in [0.15, 0.2) is 12.2 Å². The van der Waals surface area contributed by atoms with Crippen molar-refractivity contribution in [1.82, 2.24) is 9.80 Å². The molecule has 3 atom stereocenters. The molecule has 4 nitrogen and oxygen atoms in total. The number of methoxy groups -OCH3 is 1. The molecule has 0 radical (unpaired) electrons. The van der Waals surface area contributed by atoms with Crippen molar-refractivity contribution in [1.29, 1.82) is 0 Å². The third-order valence-corrected chi connectivity index (χ3v) is 5.17. The molecule has 20 heavy (non-hydrogen) atoms. The van der Waals surface area contributed by atoms with E-state index < -0.39 is 0 Å². The maximum absolute atomic E-state index is 12.7. The van der Waals surface area contributed by atoms with E-state index in [0.717, 1.165) is 57.6 Å². The zero-order valence-electron chi connectivity index (χ0n) is 12.5. The summed E-state index contributed by atoms with van der Waals surface area (Å²) in [7, 11) is 1.73. The summed E-state index contributed by atoms with van der Waals surface area (Å²) in [6, 6.07) is 0. The lowest BCUT2D eigenvalue weighted by Crippen LogP contribution is -2.36. The maximum atomic E-state index is 12.7. The molecule has 0 aromatic carbocycles. The van der Waals surface area contributed by atoms with Crippen LogP contribution in [0.5, 0.6) is 0 Å². The molecule has 2 aliphatic heterocycles. The monoisotopic (exact) mass is 278 g/mol. The first-order valence-electron chi connectivity index (χ1n) is 7.93. The molecule has 3 rings (SSSR count). The Morgan fingerprint density at radius 2 is 1.90 bits per heavy atom. The number of ether oxygens (including phenoxy) is 1. The largest absolute Gasteiger partial charge is 0.383 e. The fourth-order valence-corrected chi connectivity index (χ4v) is 3.91. The molecule has 1 aliphatic carbocycles. The van der Waals surface area contributed by atoms with Crippen LogP contribution in [0.1, 0.15) is 19.3 Å². The van der Waals surface area contributed by atoms with Crippen molar-refractivity contribution in [3.8, 4) is 0 Å². The second-order valence-electron chi connectivity index (χ2n) is 6.49. The number of allylic oxidation sites excluding steroid dienone is 2. The van der Waals surface area contributed by atoms with E-state index in [1.54, 1.807) is 7.11 Å². The molecule has 0 bridgehead atoms. The molecule has 0 unspecified atom stereocenters. The van der Waals surface area contributed by atoms with Crippen LogP contribution < -0.4 is 0 Å². The van der Waals surface area contributed by atoms with Gasteiger partial charge in [0.1, 0.15) is 0 Å². The summed E-state index contributed by atoms with van der Waals surface area (Å²) < 4.78 is 5.12. The maximum Gasteiger partial charge on any atom is 0.227 e. The van der Waals surface area contributed by atoms with Gasteiger partial charge in [0.05, 0.1) is 12.5 Å². The number of nitrogens with zero attached hydrogens (tertiary/aromatic N) is 2. The Morgan fingerprint density at radius 1 is 1.20 bits per heavy atom. The van der Waals surface area contributed by atoms with E-state index in [1.807, 2.05) is 0 Å². The zero-order valence-corrected chi connectivity index (χ0v) is 12.5. The van der Waals surface area contributed by atoms with Crippen LogP contribution in [0.25, 0.3) is 0 Å². The molecule has 112 valence electrons. The Bertz CT molecular complexity index is 367. The normalized spacial score (nSPS) is 33.6. The quantitative estimate of drug-likeness (QED) is 0.728. The van der Waals surface area contributed by atoms with Crippen molar-refractivity contribution in [2.45, 2.75) is 19.3 Å². The van der Waals surface area contributed by atoms with Crippen molar-refractivity contribution in [3.63, 3.8) is 0 Å². The molecule has 4 heteroatoms. The molecule has 0 spiro atoms. The van der Waals surface area contributed by atoms with Gasteiger partial charge in [-0.05, 0) is 37.6 Å². The molecule has 0 aromatic rings. The number of carbonyl (C=O) groups is 1. The third-order valence-electron chi connectivity index (χ3n) is 5.17. The summed E-state index contributed by atoms with van der Waals surface area (Å²) in [5, 5.41) is 0. The summed E-state index contributed by atoms with van der Waals surface area (Å²) in [5.74, 6) is 2.06. The SMILES string of the molecule is COCCN1CC[C@@H](C(=O)N2C[C@H]3CC=CC[C@H]3C2)C1. The molecule has 3 aliphatic rings. The van der Waals surface area contributed by atoms with Crippen molar-refractivity contribution in [2.75, 3.05) is 46.4 Å². The molecule has 2 fully saturated rings. The van der Waals surface area contributed by atoms with E-state index >= 15 is 0 Å². The Balaban J connectivity index is 1.50. The lowest BCUT2D eigenvalue weighted by Gasteiger charge is -2.21. The van der Waals surface area contributed by atoms with Crippen molar-refractivity contribution >= 4 is 5.91 Å². The molecule has 0 aromatic heterocycles. The van der Waals surface area contributed by atoms with Crippen LogP contribution >= 0.6 is 0 Å².